The molecule has 7 heteroatoms. The Kier molecular flexibility index (Phi) is 6.13. The Labute approximate surface area is 195 Å². The molecule has 2 aromatic heterocycles. The largest absolute Gasteiger partial charge is 0.494 e. The van der Waals surface area contributed by atoms with Crippen molar-refractivity contribution in [3.8, 4) is 5.75 Å². The summed E-state index contributed by atoms with van der Waals surface area (Å²) in [7, 11) is 0. The molecular weight excluding hydrogens is 432 g/mol. The molecule has 0 fully saturated rings. The minimum absolute atomic E-state index is 0.0579. The minimum atomic E-state index is -0.0579. The van der Waals surface area contributed by atoms with Crippen LogP contribution >= 0.6 is 11.8 Å². The lowest BCUT2D eigenvalue weighted by atomic mass is 10.2. The summed E-state index contributed by atoms with van der Waals surface area (Å²) in [6.45, 7) is 3.13. The molecule has 0 amide bonds. The molecular formula is C26H24N4O2S. The van der Waals surface area contributed by atoms with Crippen LogP contribution in [0.15, 0.2) is 88.8 Å². The van der Waals surface area contributed by atoms with Crippen LogP contribution in [0.2, 0.25) is 0 Å². The molecule has 5 aromatic rings. The molecule has 2 heterocycles. The summed E-state index contributed by atoms with van der Waals surface area (Å²) < 4.78 is 9.56. The zero-order valence-electron chi connectivity index (χ0n) is 18.3. The summed E-state index contributed by atoms with van der Waals surface area (Å²) >= 11 is 1.62. The van der Waals surface area contributed by atoms with Gasteiger partial charge >= 0.3 is 0 Å². The van der Waals surface area contributed by atoms with Gasteiger partial charge in [-0.1, -0.05) is 66.4 Å². The van der Waals surface area contributed by atoms with Crippen LogP contribution in [0.4, 0.5) is 0 Å². The Morgan fingerprint density at radius 2 is 1.76 bits per heavy atom. The van der Waals surface area contributed by atoms with E-state index in [4.69, 9.17) is 4.74 Å². The van der Waals surface area contributed by atoms with Gasteiger partial charge in [-0.25, -0.2) is 0 Å². The number of hydrogen-bond donors (Lipinski definition) is 0. The lowest BCUT2D eigenvalue weighted by molar-refractivity contribution is 0.318. The molecule has 3 aromatic carbocycles. The Morgan fingerprint density at radius 3 is 2.61 bits per heavy atom. The fourth-order valence-corrected chi connectivity index (χ4v) is 4.71. The summed E-state index contributed by atoms with van der Waals surface area (Å²) in [6, 6.07) is 25.7. The van der Waals surface area contributed by atoms with Crippen molar-refractivity contribution in [2.75, 3.05) is 12.4 Å². The highest BCUT2D eigenvalue weighted by Crippen LogP contribution is 2.23. The van der Waals surface area contributed by atoms with Crippen molar-refractivity contribution < 1.29 is 4.74 Å². The number of benzene rings is 3. The van der Waals surface area contributed by atoms with E-state index in [2.05, 4.69) is 23.2 Å². The standard InChI is InChI=1S/C26H24N4O2S/c1-19-9-7-12-21(17-19)32-15-8-16-33-26-28-27-25-29(18-20-10-3-2-4-11-20)24(31)22-13-5-6-14-23(22)30(25)26/h2-7,9-14,17H,8,15-16,18H2,1H3. The number of hydrogen-bond acceptors (Lipinski definition) is 5. The molecule has 0 aliphatic carbocycles. The normalized spacial score (nSPS) is 11.3. The topological polar surface area (TPSA) is 61.4 Å². The molecule has 0 saturated heterocycles. The number of fused-ring (bicyclic) bond motifs is 3. The molecule has 0 aliphatic heterocycles. The maximum absolute atomic E-state index is 13.3. The first kappa shape index (κ1) is 21.3. The molecule has 0 saturated carbocycles. The maximum atomic E-state index is 13.3. The average molecular weight is 457 g/mol. The Balaban J connectivity index is 1.40. The van der Waals surface area contributed by atoms with Crippen LogP contribution in [0.25, 0.3) is 16.7 Å². The molecule has 6 nitrogen and oxygen atoms in total. The molecule has 5 rings (SSSR count). The lowest BCUT2D eigenvalue weighted by Crippen LogP contribution is -2.24. The Morgan fingerprint density at radius 1 is 0.939 bits per heavy atom. The second kappa shape index (κ2) is 9.50. The molecule has 0 atom stereocenters. The quantitative estimate of drug-likeness (QED) is 0.244. The molecule has 166 valence electrons. The number of rotatable bonds is 8. The predicted octanol–water partition coefficient (Wildman–Crippen LogP) is 4.96. The van der Waals surface area contributed by atoms with Crippen molar-refractivity contribution >= 4 is 28.4 Å². The van der Waals surface area contributed by atoms with Crippen LogP contribution in [0.5, 0.6) is 5.75 Å². The molecule has 0 N–H and O–H groups in total. The Hall–Kier alpha value is -3.58. The van der Waals surface area contributed by atoms with Gasteiger partial charge in [0, 0.05) is 5.75 Å². The third-order valence-electron chi connectivity index (χ3n) is 5.44. The van der Waals surface area contributed by atoms with Gasteiger partial charge in [-0.15, -0.1) is 10.2 Å². The third-order valence-corrected chi connectivity index (χ3v) is 6.46. The highest BCUT2D eigenvalue weighted by Gasteiger charge is 2.16. The van der Waals surface area contributed by atoms with Gasteiger partial charge in [-0.05, 0) is 48.7 Å². The van der Waals surface area contributed by atoms with E-state index < -0.39 is 0 Å². The third kappa shape index (κ3) is 4.50. The first-order valence-electron chi connectivity index (χ1n) is 10.9. The van der Waals surface area contributed by atoms with Crippen LogP contribution in [0.3, 0.4) is 0 Å². The SMILES string of the molecule is Cc1cccc(OCCCSc2nnc3n(Cc4ccccc4)c(=O)c4ccccc4n23)c1. The highest BCUT2D eigenvalue weighted by molar-refractivity contribution is 7.99. The van der Waals surface area contributed by atoms with Gasteiger partial charge in [-0.2, -0.15) is 0 Å². The van der Waals surface area contributed by atoms with E-state index in [-0.39, 0.29) is 5.56 Å². The molecule has 0 bridgehead atoms. The van der Waals surface area contributed by atoms with Crippen molar-refractivity contribution in [2.24, 2.45) is 0 Å². The fourth-order valence-electron chi connectivity index (χ4n) is 3.85. The van der Waals surface area contributed by atoms with Crippen LogP contribution in [-0.2, 0) is 6.54 Å². The molecule has 0 radical (unpaired) electrons. The monoisotopic (exact) mass is 456 g/mol. The Bertz CT molecular complexity index is 1460. The van der Waals surface area contributed by atoms with Crippen molar-refractivity contribution in [3.05, 3.63) is 100 Å². The summed E-state index contributed by atoms with van der Waals surface area (Å²) in [6.07, 6.45) is 0.870. The van der Waals surface area contributed by atoms with Gasteiger partial charge in [0.05, 0.1) is 24.1 Å². The van der Waals surface area contributed by atoms with E-state index in [1.54, 1.807) is 16.3 Å². The number of aryl methyl sites for hydroxylation is 1. The smallest absolute Gasteiger partial charge is 0.263 e. The van der Waals surface area contributed by atoms with Crippen molar-refractivity contribution in [3.63, 3.8) is 0 Å². The van der Waals surface area contributed by atoms with Crippen molar-refractivity contribution in [2.45, 2.75) is 25.0 Å². The predicted molar refractivity (Wildman–Crippen MR) is 132 cm³/mol. The van der Waals surface area contributed by atoms with E-state index in [9.17, 15) is 4.79 Å². The van der Waals surface area contributed by atoms with Gasteiger partial charge in [0.2, 0.25) is 5.78 Å². The summed E-state index contributed by atoms with van der Waals surface area (Å²) in [5.74, 6) is 2.28. The summed E-state index contributed by atoms with van der Waals surface area (Å²) in [5.41, 5.74) is 3.00. The van der Waals surface area contributed by atoms with Crippen LogP contribution in [0, 0.1) is 6.92 Å². The van der Waals surface area contributed by atoms with E-state index >= 15 is 0 Å². The van der Waals surface area contributed by atoms with Gasteiger partial charge in [0.15, 0.2) is 5.16 Å². The van der Waals surface area contributed by atoms with Crippen LogP contribution in [-0.4, -0.2) is 31.5 Å². The number of ether oxygens (including phenoxy) is 1. The fraction of sp³-hybridized carbons (Fsp3) is 0.192. The summed E-state index contributed by atoms with van der Waals surface area (Å²) in [4.78, 5) is 13.3. The van der Waals surface area contributed by atoms with Gasteiger partial charge in [0.1, 0.15) is 5.75 Å². The number of thioether (sulfide) groups is 1. The second-order valence-corrected chi connectivity index (χ2v) is 8.94. The van der Waals surface area contributed by atoms with Crippen LogP contribution in [0.1, 0.15) is 17.5 Å². The van der Waals surface area contributed by atoms with Crippen molar-refractivity contribution in [1.29, 1.82) is 0 Å². The van der Waals surface area contributed by atoms with E-state index in [0.717, 1.165) is 34.2 Å². The van der Waals surface area contributed by atoms with Gasteiger partial charge in [0.25, 0.3) is 5.56 Å². The van der Waals surface area contributed by atoms with Gasteiger partial charge in [-0.3, -0.25) is 13.8 Å². The molecule has 0 aliphatic rings. The molecule has 33 heavy (non-hydrogen) atoms. The highest BCUT2D eigenvalue weighted by atomic mass is 32.2. The maximum Gasteiger partial charge on any atom is 0.263 e. The summed E-state index contributed by atoms with van der Waals surface area (Å²) in [5, 5.41) is 10.3. The zero-order valence-corrected chi connectivity index (χ0v) is 19.2. The number of nitrogens with zero attached hydrogens (tertiary/aromatic N) is 4. The zero-order chi connectivity index (χ0) is 22.6. The molecule has 0 spiro atoms. The first-order valence-corrected chi connectivity index (χ1v) is 11.9. The van der Waals surface area contributed by atoms with Gasteiger partial charge < -0.3 is 4.74 Å². The second-order valence-electron chi connectivity index (χ2n) is 7.88. The number of para-hydroxylation sites is 1. The van der Waals surface area contributed by atoms with E-state index in [0.29, 0.717) is 24.3 Å². The number of aromatic nitrogens is 4. The van der Waals surface area contributed by atoms with Crippen molar-refractivity contribution in [1.82, 2.24) is 19.2 Å². The molecule has 0 unspecified atom stereocenters. The van der Waals surface area contributed by atoms with E-state index in [1.807, 2.05) is 77.2 Å². The van der Waals surface area contributed by atoms with E-state index in [1.165, 1.54) is 5.56 Å². The lowest BCUT2D eigenvalue weighted by Gasteiger charge is -2.11. The minimum Gasteiger partial charge on any atom is -0.494 e. The average Bonchev–Trinajstić information content (AvgIpc) is 3.26. The van der Waals surface area contributed by atoms with Crippen LogP contribution < -0.4 is 10.3 Å². The first-order chi connectivity index (χ1) is 16.2.